The van der Waals surface area contributed by atoms with Crippen LogP contribution < -0.4 is 0 Å². The van der Waals surface area contributed by atoms with Gasteiger partial charge >= 0.3 is 19.8 Å². The molecule has 0 heterocycles. The highest BCUT2D eigenvalue weighted by Crippen LogP contribution is 2.43. The van der Waals surface area contributed by atoms with Crippen LogP contribution in [0.1, 0.15) is 181 Å². The van der Waals surface area contributed by atoms with E-state index >= 15 is 0 Å². The van der Waals surface area contributed by atoms with Crippen molar-refractivity contribution in [1.29, 1.82) is 0 Å². The van der Waals surface area contributed by atoms with Crippen molar-refractivity contribution in [2.75, 3.05) is 26.4 Å². The molecular weight excluding hydrogens is 767 g/mol. The molecule has 10 nitrogen and oxygen atoms in total. The van der Waals surface area contributed by atoms with Gasteiger partial charge in [-0.3, -0.25) is 18.6 Å². The summed E-state index contributed by atoms with van der Waals surface area (Å²) in [4.78, 5) is 34.6. The first-order valence-electron chi connectivity index (χ1n) is 22.9. The maximum atomic E-state index is 12.4. The molecule has 0 aliphatic carbocycles. The molecule has 0 saturated heterocycles. The lowest BCUT2D eigenvalue weighted by Gasteiger charge is -2.20. The molecule has 0 rings (SSSR count). The Balaban J connectivity index is 3.94. The number of esters is 2. The van der Waals surface area contributed by atoms with Crippen molar-refractivity contribution < 1.29 is 47.8 Å². The van der Waals surface area contributed by atoms with Crippen LogP contribution in [0.5, 0.6) is 0 Å². The lowest BCUT2D eigenvalue weighted by molar-refractivity contribution is -0.153. The molecule has 3 atom stereocenters. The minimum absolute atomic E-state index is 0.174. The van der Waals surface area contributed by atoms with Gasteiger partial charge in [0.25, 0.3) is 0 Å². The van der Waals surface area contributed by atoms with Crippen LogP contribution in [0.25, 0.3) is 0 Å². The Labute approximate surface area is 358 Å². The molecule has 0 aromatic rings. The summed E-state index contributed by atoms with van der Waals surface area (Å²) >= 11 is 0. The van der Waals surface area contributed by atoms with Crippen molar-refractivity contribution in [3.05, 3.63) is 72.9 Å². The number of hydrogen-bond acceptors (Lipinski definition) is 9. The molecule has 0 saturated carbocycles. The van der Waals surface area contributed by atoms with Crippen LogP contribution in [0.3, 0.4) is 0 Å². The Bertz CT molecular complexity index is 1210. The van der Waals surface area contributed by atoms with E-state index in [4.69, 9.17) is 18.5 Å². The van der Waals surface area contributed by atoms with E-state index in [-0.39, 0.29) is 12.8 Å². The molecule has 0 amide bonds. The van der Waals surface area contributed by atoms with E-state index in [1.165, 1.54) is 38.5 Å². The number of phosphoric ester groups is 1. The third-order valence-corrected chi connectivity index (χ3v) is 10.4. The lowest BCUT2D eigenvalue weighted by atomic mass is 10.1. The van der Waals surface area contributed by atoms with E-state index in [1.807, 2.05) is 0 Å². The summed E-state index contributed by atoms with van der Waals surface area (Å²) in [5, 5.41) is 19.2. The fourth-order valence-corrected chi connectivity index (χ4v) is 6.68. The molecule has 0 aliphatic heterocycles. The van der Waals surface area contributed by atoms with Crippen molar-refractivity contribution in [3.63, 3.8) is 0 Å². The van der Waals surface area contributed by atoms with Gasteiger partial charge in [0.2, 0.25) is 0 Å². The SMILES string of the molecule is CC/C=C\C/C=C\C/C=C\CCCCCCCCCC(=O)OC(CO)COP(=O)(O)OCC(CO)OC(=O)CCCCCCCC/C=C\C/C=C\C/C=C\CCCCC. The second-order valence-corrected chi connectivity index (χ2v) is 16.5. The van der Waals surface area contributed by atoms with Crippen molar-refractivity contribution in [2.45, 2.75) is 193 Å². The molecule has 340 valence electrons. The smallest absolute Gasteiger partial charge is 0.457 e. The molecule has 11 heteroatoms. The monoisotopic (exact) mass is 851 g/mol. The molecule has 3 N–H and O–H groups in total. The zero-order valence-corrected chi connectivity index (χ0v) is 37.8. The first-order chi connectivity index (χ1) is 28.8. The molecule has 59 heavy (non-hydrogen) atoms. The first kappa shape index (κ1) is 56.4. The normalized spacial score (nSPS) is 14.5. The molecule has 0 fully saturated rings. The number of rotatable bonds is 42. The third kappa shape index (κ3) is 41.9. The van der Waals surface area contributed by atoms with Gasteiger partial charge in [-0.25, -0.2) is 4.57 Å². The molecule has 0 radical (unpaired) electrons. The van der Waals surface area contributed by atoms with Gasteiger partial charge in [0.1, 0.15) is 12.2 Å². The van der Waals surface area contributed by atoms with Crippen LogP contribution in [-0.4, -0.2) is 65.7 Å². The number of aliphatic hydroxyl groups is 2. The van der Waals surface area contributed by atoms with Crippen LogP contribution in [0.4, 0.5) is 0 Å². The number of phosphoric acid groups is 1. The summed E-state index contributed by atoms with van der Waals surface area (Å²) in [6.45, 7) is 2.04. The van der Waals surface area contributed by atoms with Gasteiger partial charge in [0.15, 0.2) is 0 Å². The average Bonchev–Trinajstić information content (AvgIpc) is 3.22. The van der Waals surface area contributed by atoms with Gasteiger partial charge < -0.3 is 24.6 Å². The molecule has 0 aromatic carbocycles. The number of carbonyl (C=O) groups is 2. The van der Waals surface area contributed by atoms with E-state index in [0.29, 0.717) is 12.8 Å². The van der Waals surface area contributed by atoms with E-state index < -0.39 is 58.4 Å². The molecule has 3 unspecified atom stereocenters. The Hall–Kier alpha value is -2.59. The van der Waals surface area contributed by atoms with Crippen molar-refractivity contribution in [1.82, 2.24) is 0 Å². The van der Waals surface area contributed by atoms with Gasteiger partial charge in [0.05, 0.1) is 26.4 Å². The summed E-state index contributed by atoms with van der Waals surface area (Å²) in [5.74, 6) is -1.04. The number of ether oxygens (including phenoxy) is 2. The van der Waals surface area contributed by atoms with Crippen molar-refractivity contribution in [2.24, 2.45) is 0 Å². The highest BCUT2D eigenvalue weighted by molar-refractivity contribution is 7.47. The number of unbranched alkanes of at least 4 members (excludes halogenated alkanes) is 16. The van der Waals surface area contributed by atoms with Crippen LogP contribution >= 0.6 is 7.82 Å². The predicted octanol–water partition coefficient (Wildman–Crippen LogP) is 12.4. The van der Waals surface area contributed by atoms with E-state index in [9.17, 15) is 29.3 Å². The minimum atomic E-state index is -4.65. The summed E-state index contributed by atoms with van der Waals surface area (Å²) < 4.78 is 32.6. The Morgan fingerprint density at radius 2 is 0.797 bits per heavy atom. The predicted molar refractivity (Wildman–Crippen MR) is 242 cm³/mol. The van der Waals surface area contributed by atoms with Gasteiger partial charge in [-0.05, 0) is 83.5 Å². The van der Waals surface area contributed by atoms with Gasteiger partial charge in [-0.2, -0.15) is 0 Å². The highest BCUT2D eigenvalue weighted by atomic mass is 31.2. The largest absolute Gasteiger partial charge is 0.472 e. The lowest BCUT2D eigenvalue weighted by Crippen LogP contribution is -2.28. The molecule has 0 bridgehead atoms. The fourth-order valence-electron chi connectivity index (χ4n) is 5.90. The maximum Gasteiger partial charge on any atom is 0.472 e. The van der Waals surface area contributed by atoms with Crippen LogP contribution in [0, 0.1) is 0 Å². The summed E-state index contributed by atoms with van der Waals surface area (Å²) in [7, 11) is -4.65. The quantitative estimate of drug-likeness (QED) is 0.0234. The summed E-state index contributed by atoms with van der Waals surface area (Å²) in [5.41, 5.74) is 0. The van der Waals surface area contributed by atoms with Gasteiger partial charge in [0, 0.05) is 12.8 Å². The molecule has 0 spiro atoms. The number of carbonyl (C=O) groups excluding carboxylic acids is 2. The Morgan fingerprint density at radius 1 is 0.475 bits per heavy atom. The van der Waals surface area contributed by atoms with Crippen LogP contribution in [0.2, 0.25) is 0 Å². The third-order valence-electron chi connectivity index (χ3n) is 9.40. The topological polar surface area (TPSA) is 149 Å². The zero-order chi connectivity index (χ0) is 43.3. The minimum Gasteiger partial charge on any atom is -0.457 e. The summed E-state index contributed by atoms with van der Waals surface area (Å²) in [6, 6.07) is 0. The highest BCUT2D eigenvalue weighted by Gasteiger charge is 2.27. The maximum absolute atomic E-state index is 12.4. The fraction of sp³-hybridized carbons (Fsp3) is 0.708. The van der Waals surface area contributed by atoms with Gasteiger partial charge in [-0.1, -0.05) is 157 Å². The zero-order valence-electron chi connectivity index (χ0n) is 36.9. The number of hydrogen-bond donors (Lipinski definition) is 3. The van der Waals surface area contributed by atoms with Crippen molar-refractivity contribution in [3.8, 4) is 0 Å². The van der Waals surface area contributed by atoms with Crippen LogP contribution in [-0.2, 0) is 32.7 Å². The molecule has 0 aliphatic rings. The Morgan fingerprint density at radius 3 is 1.15 bits per heavy atom. The van der Waals surface area contributed by atoms with E-state index in [2.05, 4.69) is 86.8 Å². The van der Waals surface area contributed by atoms with Gasteiger partial charge in [-0.15, -0.1) is 0 Å². The molecular formula is C48H83O10P. The van der Waals surface area contributed by atoms with E-state index in [0.717, 1.165) is 103 Å². The summed E-state index contributed by atoms with van der Waals surface area (Å²) in [6.07, 6.45) is 50.1. The standard InChI is InChI=1S/C48H83O10P/c1-3-5-7-9-11-13-15-17-19-21-22-24-26-28-30-32-34-36-38-40-48(52)58-46(42-50)44-56-59(53,54)55-43-45(41-49)57-47(51)39-37-35-33-31-29-27-25-23-20-18-16-14-12-10-8-6-4-2/h6,8,11-14,17-20,22,24,45-46,49-50H,3-5,7,9-10,15-16,21,23,25-44H2,1-2H3,(H,53,54)/b8-6-,13-11-,14-12-,19-17-,20-18-,24-22-. The number of aliphatic hydroxyl groups excluding tert-OH is 2. The Kier molecular flexibility index (Phi) is 41.6. The van der Waals surface area contributed by atoms with E-state index in [1.54, 1.807) is 0 Å². The number of allylic oxidation sites excluding steroid dienone is 12. The average molecular weight is 851 g/mol. The molecule has 0 aromatic heterocycles. The second-order valence-electron chi connectivity index (χ2n) is 15.0. The first-order valence-corrected chi connectivity index (χ1v) is 24.4. The van der Waals surface area contributed by atoms with Crippen molar-refractivity contribution >= 4 is 19.8 Å². The van der Waals surface area contributed by atoms with Crippen LogP contribution in [0.15, 0.2) is 72.9 Å². The second kappa shape index (κ2) is 43.5.